The van der Waals surface area contributed by atoms with Crippen LogP contribution in [0.25, 0.3) is 0 Å². The van der Waals surface area contributed by atoms with Crippen molar-refractivity contribution in [1.29, 1.82) is 0 Å². The van der Waals surface area contributed by atoms with E-state index in [1.807, 2.05) is 12.1 Å². The number of phenolic OH excluding ortho intramolecular Hbond substituents is 1. The lowest BCUT2D eigenvalue weighted by atomic mass is 9.55. The lowest BCUT2D eigenvalue weighted by molar-refractivity contribution is -0.170. The molecule has 2 saturated carbocycles. The van der Waals surface area contributed by atoms with E-state index in [2.05, 4.69) is 13.0 Å². The molecule has 0 amide bonds. The number of hydrogen-bond acceptors (Lipinski definition) is 7. The number of carboxylic acids is 3. The van der Waals surface area contributed by atoms with Gasteiger partial charge in [0.05, 0.1) is 18.9 Å². The average Bonchev–Trinajstić information content (AvgIpc) is 2.96. The van der Waals surface area contributed by atoms with E-state index in [-0.39, 0.29) is 17.6 Å². The van der Waals surface area contributed by atoms with E-state index in [0.717, 1.165) is 25.7 Å². The summed E-state index contributed by atoms with van der Waals surface area (Å²) in [7, 11) is 0. The monoisotopic (exact) mass is 479 g/mol. The highest BCUT2D eigenvalue weighted by molar-refractivity contribution is 5.88. The number of carboxylic acid groups (broad SMARTS) is 3. The summed E-state index contributed by atoms with van der Waals surface area (Å²) in [6.45, 7) is 2.29. The first-order valence-electron chi connectivity index (χ1n) is 11.4. The molecule has 0 unspecified atom stereocenters. The summed E-state index contributed by atoms with van der Waals surface area (Å²) in [6.07, 6.45) is 2.73. The van der Waals surface area contributed by atoms with E-state index in [1.165, 1.54) is 17.5 Å². The molecule has 34 heavy (non-hydrogen) atoms. The fourth-order valence-corrected chi connectivity index (χ4v) is 6.33. The maximum atomic E-state index is 10.3. The lowest BCUT2D eigenvalue weighted by Gasteiger charge is -2.50. The Bertz CT molecular complexity index is 948. The minimum absolute atomic E-state index is 0.0651. The first-order valence-corrected chi connectivity index (χ1v) is 11.4. The highest BCUT2D eigenvalue weighted by atomic mass is 16.4. The van der Waals surface area contributed by atoms with Crippen LogP contribution in [0, 0.1) is 17.3 Å². The van der Waals surface area contributed by atoms with Crippen molar-refractivity contribution >= 4 is 17.9 Å². The highest BCUT2D eigenvalue weighted by Gasteiger charge is 2.56. The first kappa shape index (κ1) is 25.9. The molecule has 1 aromatic rings. The number of nitrogens with two attached hydrogens (primary N) is 1. The van der Waals surface area contributed by atoms with Gasteiger partial charge in [-0.25, -0.2) is 4.79 Å². The van der Waals surface area contributed by atoms with Crippen molar-refractivity contribution in [3.63, 3.8) is 0 Å². The molecule has 8 N–H and O–H groups in total. The number of phenols is 1. The molecule has 0 radical (unpaired) electrons. The maximum absolute atomic E-state index is 10.3. The number of aryl methyl sites for hydroxylation is 1. The van der Waals surface area contributed by atoms with Crippen molar-refractivity contribution in [2.24, 2.45) is 23.0 Å². The van der Waals surface area contributed by atoms with Crippen LogP contribution < -0.4 is 5.73 Å². The Labute approximate surface area is 197 Å². The second kappa shape index (κ2) is 9.52. The van der Waals surface area contributed by atoms with E-state index in [0.29, 0.717) is 23.5 Å². The quantitative estimate of drug-likeness (QED) is 0.323. The Morgan fingerprint density at radius 3 is 2.29 bits per heavy atom. The van der Waals surface area contributed by atoms with E-state index < -0.39 is 36.4 Å². The Morgan fingerprint density at radius 1 is 1.12 bits per heavy atom. The number of aliphatic carboxylic acids is 3. The normalized spacial score (nSPS) is 31.8. The summed E-state index contributed by atoms with van der Waals surface area (Å²) in [5.41, 5.74) is 6.44. The Morgan fingerprint density at radius 2 is 1.74 bits per heavy atom. The summed E-state index contributed by atoms with van der Waals surface area (Å²) in [5, 5.41) is 53.8. The largest absolute Gasteiger partial charge is 0.508 e. The third-order valence-corrected chi connectivity index (χ3v) is 8.10. The van der Waals surface area contributed by atoms with Gasteiger partial charge in [0.1, 0.15) is 5.75 Å². The Kier molecular flexibility index (Phi) is 7.26. The number of carbonyl (C=O) groups is 3. The molecule has 188 valence electrons. The number of aliphatic hydroxyl groups excluding tert-OH is 1. The molecule has 0 heterocycles. The molecule has 0 aliphatic heterocycles. The van der Waals surface area contributed by atoms with E-state index in [9.17, 15) is 24.6 Å². The van der Waals surface area contributed by atoms with Crippen LogP contribution in [-0.4, -0.2) is 66.3 Å². The first-order chi connectivity index (χ1) is 15.8. The number of rotatable bonds is 5. The van der Waals surface area contributed by atoms with Gasteiger partial charge in [-0.05, 0) is 78.5 Å². The van der Waals surface area contributed by atoms with Gasteiger partial charge in [0.25, 0.3) is 0 Å². The molecule has 0 aromatic heterocycles. The summed E-state index contributed by atoms with van der Waals surface area (Å²) >= 11 is 0. The number of benzene rings is 1. The van der Waals surface area contributed by atoms with Crippen molar-refractivity contribution in [2.75, 3.05) is 0 Å². The number of hydrogen-bond donors (Lipinski definition) is 7. The van der Waals surface area contributed by atoms with Crippen LogP contribution in [0.4, 0.5) is 0 Å². The number of aliphatic hydroxyl groups is 2. The lowest BCUT2D eigenvalue weighted by Crippen LogP contribution is -2.48. The predicted octanol–water partition coefficient (Wildman–Crippen LogP) is 1.30. The van der Waals surface area contributed by atoms with Crippen molar-refractivity contribution < 1.29 is 45.0 Å². The zero-order valence-corrected chi connectivity index (χ0v) is 19.1. The van der Waals surface area contributed by atoms with Crippen molar-refractivity contribution in [3.8, 4) is 5.75 Å². The topological polar surface area (TPSA) is 199 Å². The van der Waals surface area contributed by atoms with Crippen molar-refractivity contribution in [2.45, 2.75) is 75.5 Å². The van der Waals surface area contributed by atoms with Gasteiger partial charge < -0.3 is 36.4 Å². The Hall–Kier alpha value is -2.69. The minimum Gasteiger partial charge on any atom is -0.508 e. The van der Waals surface area contributed by atoms with Gasteiger partial charge in [-0.2, -0.15) is 0 Å². The third-order valence-electron chi connectivity index (χ3n) is 8.10. The maximum Gasteiger partial charge on any atom is 0.336 e. The molecular weight excluding hydrogens is 446 g/mol. The molecule has 0 saturated heterocycles. The van der Waals surface area contributed by atoms with E-state index in [4.69, 9.17) is 26.2 Å². The van der Waals surface area contributed by atoms with Gasteiger partial charge in [0.15, 0.2) is 5.60 Å². The molecule has 6 atom stereocenters. The van der Waals surface area contributed by atoms with Gasteiger partial charge >= 0.3 is 17.9 Å². The Balaban J connectivity index is 0.000000218. The molecular formula is C24H33NO9. The number of aromatic hydroxyl groups is 1. The highest BCUT2D eigenvalue weighted by Crippen LogP contribution is 2.60. The molecule has 4 rings (SSSR count). The van der Waals surface area contributed by atoms with Gasteiger partial charge in [-0.3, -0.25) is 9.59 Å². The fourth-order valence-electron chi connectivity index (χ4n) is 6.33. The van der Waals surface area contributed by atoms with Crippen LogP contribution in [0.15, 0.2) is 18.2 Å². The smallest absolute Gasteiger partial charge is 0.336 e. The minimum atomic E-state index is -2.74. The van der Waals surface area contributed by atoms with Crippen LogP contribution in [0.2, 0.25) is 0 Å². The zero-order valence-electron chi connectivity index (χ0n) is 19.1. The fraction of sp³-hybridized carbons (Fsp3) is 0.625. The van der Waals surface area contributed by atoms with Crippen LogP contribution in [0.5, 0.6) is 5.75 Å². The second-order valence-corrected chi connectivity index (χ2v) is 10.1. The van der Waals surface area contributed by atoms with E-state index in [1.54, 1.807) is 0 Å². The average molecular weight is 480 g/mol. The summed E-state index contributed by atoms with van der Waals surface area (Å²) in [5.74, 6) is -2.86. The third kappa shape index (κ3) is 4.89. The van der Waals surface area contributed by atoms with Crippen LogP contribution in [-0.2, 0) is 20.8 Å². The van der Waals surface area contributed by atoms with Crippen LogP contribution in [0.1, 0.15) is 62.5 Å². The van der Waals surface area contributed by atoms with Gasteiger partial charge in [0, 0.05) is 6.04 Å². The van der Waals surface area contributed by atoms with Crippen molar-refractivity contribution in [3.05, 3.63) is 29.3 Å². The van der Waals surface area contributed by atoms with Gasteiger partial charge in [-0.15, -0.1) is 0 Å². The summed E-state index contributed by atoms with van der Waals surface area (Å²) < 4.78 is 0. The molecule has 10 heteroatoms. The second-order valence-electron chi connectivity index (χ2n) is 10.1. The predicted molar refractivity (Wildman–Crippen MR) is 119 cm³/mol. The van der Waals surface area contributed by atoms with Crippen molar-refractivity contribution in [1.82, 2.24) is 0 Å². The van der Waals surface area contributed by atoms with Crippen LogP contribution >= 0.6 is 0 Å². The summed E-state index contributed by atoms with van der Waals surface area (Å²) in [4.78, 5) is 30.5. The zero-order chi connectivity index (χ0) is 25.4. The molecule has 2 fully saturated rings. The molecule has 0 spiro atoms. The SMILES string of the molecule is C[C@]12CC[C@@H]3c4ccc(O)cc4CC[C@H]3[C@@H]1C[C@@H](O)[C@@H]2N.O=C(O)CC(O)(CC(=O)O)C(=O)O. The van der Waals surface area contributed by atoms with Crippen LogP contribution in [0.3, 0.4) is 0 Å². The number of fused-ring (bicyclic) bond motifs is 5. The van der Waals surface area contributed by atoms with Gasteiger partial charge in [-0.1, -0.05) is 13.0 Å². The molecule has 0 bridgehead atoms. The molecule has 3 aliphatic carbocycles. The molecule has 3 aliphatic rings. The summed E-state index contributed by atoms with van der Waals surface area (Å²) in [6, 6.07) is 5.82. The molecule has 1 aromatic carbocycles. The van der Waals surface area contributed by atoms with Gasteiger partial charge in [0.2, 0.25) is 0 Å². The molecule has 10 nitrogen and oxygen atoms in total. The van der Waals surface area contributed by atoms with E-state index >= 15 is 0 Å². The standard InChI is InChI=1S/C18H25NO2.C6H8O7/c1-18-7-6-13-12-5-3-11(20)8-10(12)2-4-14(13)15(18)9-16(21)17(18)19;7-3(8)1-6(13,5(11)12)2-4(9)10/h3,5,8,13-17,20-21H,2,4,6-7,9,19H2,1H3;13H,1-2H2,(H,7,8)(H,9,10)(H,11,12)/t13-,14-,15+,16-,17+,18+;/m1./s1.